The standard InChI is InChI=1S/C9H14N2O4S/c1-15-7-6-10-16(13,14)11-8-4-2-3-5-9(8)12/h2-5,10-12H,6-7H2,1H3. The Kier molecular flexibility index (Phi) is 4.53. The van der Waals surface area contributed by atoms with Crippen molar-refractivity contribution < 1.29 is 18.3 Å². The lowest BCUT2D eigenvalue weighted by atomic mass is 10.3. The molecule has 0 saturated carbocycles. The van der Waals surface area contributed by atoms with Crippen molar-refractivity contribution in [1.82, 2.24) is 4.72 Å². The molecule has 1 rings (SSSR count). The molecule has 1 aromatic carbocycles. The minimum atomic E-state index is -3.67. The Labute approximate surface area is 94.4 Å². The predicted molar refractivity (Wildman–Crippen MR) is 60.5 cm³/mol. The molecule has 0 heterocycles. The molecule has 0 unspecified atom stereocenters. The quantitative estimate of drug-likeness (QED) is 0.497. The zero-order valence-corrected chi connectivity index (χ0v) is 9.62. The van der Waals surface area contributed by atoms with Crippen LogP contribution in [0.2, 0.25) is 0 Å². The molecule has 0 atom stereocenters. The molecule has 0 spiro atoms. The molecule has 0 amide bonds. The van der Waals surface area contributed by atoms with Crippen LogP contribution in [-0.4, -0.2) is 33.8 Å². The lowest BCUT2D eigenvalue weighted by Crippen LogP contribution is -2.32. The highest BCUT2D eigenvalue weighted by atomic mass is 32.2. The number of para-hydroxylation sites is 2. The highest BCUT2D eigenvalue weighted by Crippen LogP contribution is 2.21. The van der Waals surface area contributed by atoms with Gasteiger partial charge in [-0.1, -0.05) is 12.1 Å². The van der Waals surface area contributed by atoms with E-state index in [2.05, 4.69) is 9.44 Å². The molecule has 0 aliphatic rings. The zero-order valence-electron chi connectivity index (χ0n) is 8.80. The van der Waals surface area contributed by atoms with Crippen molar-refractivity contribution in [2.75, 3.05) is 25.0 Å². The van der Waals surface area contributed by atoms with Gasteiger partial charge in [0.25, 0.3) is 10.2 Å². The van der Waals surface area contributed by atoms with Crippen LogP contribution < -0.4 is 9.44 Å². The molecule has 1 aromatic rings. The maximum atomic E-state index is 11.4. The van der Waals surface area contributed by atoms with Crippen molar-refractivity contribution >= 4 is 15.9 Å². The summed E-state index contributed by atoms with van der Waals surface area (Å²) < 4.78 is 32.0. The number of anilines is 1. The summed E-state index contributed by atoms with van der Waals surface area (Å²) in [6.07, 6.45) is 0. The van der Waals surface area contributed by atoms with Crippen LogP contribution in [0.1, 0.15) is 0 Å². The average molecular weight is 246 g/mol. The highest BCUT2D eigenvalue weighted by Gasteiger charge is 2.10. The van der Waals surface area contributed by atoms with Gasteiger partial charge in [0.15, 0.2) is 0 Å². The summed E-state index contributed by atoms with van der Waals surface area (Å²) in [5, 5.41) is 9.37. The second-order valence-corrected chi connectivity index (χ2v) is 4.51. The van der Waals surface area contributed by atoms with E-state index < -0.39 is 10.2 Å². The zero-order chi connectivity index (χ0) is 12.0. The van der Waals surface area contributed by atoms with Crippen LogP contribution in [0.5, 0.6) is 5.75 Å². The highest BCUT2D eigenvalue weighted by molar-refractivity contribution is 7.90. The summed E-state index contributed by atoms with van der Waals surface area (Å²) in [7, 11) is -2.19. The Balaban J connectivity index is 2.63. The van der Waals surface area contributed by atoms with Crippen LogP contribution in [0.25, 0.3) is 0 Å². The third-order valence-electron chi connectivity index (χ3n) is 1.75. The first-order valence-electron chi connectivity index (χ1n) is 4.59. The Morgan fingerprint density at radius 2 is 2.06 bits per heavy atom. The van der Waals surface area contributed by atoms with E-state index in [0.29, 0.717) is 0 Å². The van der Waals surface area contributed by atoms with Crippen molar-refractivity contribution in [2.45, 2.75) is 0 Å². The molecule has 7 heteroatoms. The number of ether oxygens (including phenoxy) is 1. The molecule has 6 nitrogen and oxygen atoms in total. The van der Waals surface area contributed by atoms with Gasteiger partial charge >= 0.3 is 0 Å². The van der Waals surface area contributed by atoms with Gasteiger partial charge in [-0.15, -0.1) is 0 Å². The summed E-state index contributed by atoms with van der Waals surface area (Å²) in [4.78, 5) is 0. The Morgan fingerprint density at radius 3 is 2.69 bits per heavy atom. The number of nitrogens with one attached hydrogen (secondary N) is 2. The molecule has 90 valence electrons. The largest absolute Gasteiger partial charge is 0.506 e. The Hall–Kier alpha value is -1.31. The van der Waals surface area contributed by atoms with Gasteiger partial charge in [0.1, 0.15) is 5.75 Å². The van der Waals surface area contributed by atoms with Gasteiger partial charge < -0.3 is 9.84 Å². The van der Waals surface area contributed by atoms with Crippen molar-refractivity contribution in [1.29, 1.82) is 0 Å². The van der Waals surface area contributed by atoms with Gasteiger partial charge in [-0.3, -0.25) is 4.72 Å². The van der Waals surface area contributed by atoms with Gasteiger partial charge in [0.05, 0.1) is 12.3 Å². The fraction of sp³-hybridized carbons (Fsp3) is 0.333. The third-order valence-corrected chi connectivity index (χ3v) is 2.82. The van der Waals surface area contributed by atoms with E-state index >= 15 is 0 Å². The smallest absolute Gasteiger partial charge is 0.299 e. The summed E-state index contributed by atoms with van der Waals surface area (Å²) in [5.74, 6) is -0.125. The molecule has 0 radical (unpaired) electrons. The second-order valence-electron chi connectivity index (χ2n) is 3.01. The number of hydrogen-bond acceptors (Lipinski definition) is 4. The molecular formula is C9H14N2O4S. The van der Waals surface area contributed by atoms with Crippen LogP contribution >= 0.6 is 0 Å². The molecule has 0 saturated heterocycles. The topological polar surface area (TPSA) is 87.7 Å². The monoisotopic (exact) mass is 246 g/mol. The molecule has 0 aromatic heterocycles. The average Bonchev–Trinajstić information content (AvgIpc) is 2.21. The fourth-order valence-electron chi connectivity index (χ4n) is 1.02. The lowest BCUT2D eigenvalue weighted by molar-refractivity contribution is 0.204. The van der Waals surface area contributed by atoms with E-state index in [0.717, 1.165) is 0 Å². The normalized spacial score (nSPS) is 11.3. The van der Waals surface area contributed by atoms with Crippen LogP contribution in [0, 0.1) is 0 Å². The van der Waals surface area contributed by atoms with Crippen molar-refractivity contribution in [3.63, 3.8) is 0 Å². The van der Waals surface area contributed by atoms with Crippen molar-refractivity contribution in [3.8, 4) is 5.75 Å². The van der Waals surface area contributed by atoms with E-state index in [9.17, 15) is 13.5 Å². The summed E-state index contributed by atoms with van der Waals surface area (Å²) in [6.45, 7) is 0.446. The molecule has 3 N–H and O–H groups in total. The summed E-state index contributed by atoms with van der Waals surface area (Å²) in [6, 6.07) is 6.08. The first-order chi connectivity index (χ1) is 7.55. The van der Waals surface area contributed by atoms with Crippen LogP contribution in [-0.2, 0) is 14.9 Å². The molecule has 0 aliphatic carbocycles. The number of phenols is 1. The van der Waals surface area contributed by atoms with Gasteiger partial charge in [0.2, 0.25) is 0 Å². The molecule has 0 fully saturated rings. The number of benzene rings is 1. The van der Waals surface area contributed by atoms with Crippen molar-refractivity contribution in [3.05, 3.63) is 24.3 Å². The fourth-order valence-corrected chi connectivity index (χ4v) is 1.91. The van der Waals surface area contributed by atoms with Gasteiger partial charge in [-0.05, 0) is 12.1 Å². The molecule has 0 aliphatic heterocycles. The van der Waals surface area contributed by atoms with Crippen LogP contribution in [0.3, 0.4) is 0 Å². The minimum Gasteiger partial charge on any atom is -0.506 e. The van der Waals surface area contributed by atoms with E-state index in [1.54, 1.807) is 12.1 Å². The van der Waals surface area contributed by atoms with E-state index in [-0.39, 0.29) is 24.6 Å². The van der Waals surface area contributed by atoms with E-state index in [1.165, 1.54) is 19.2 Å². The predicted octanol–water partition coefficient (Wildman–Crippen LogP) is 0.285. The molecule has 16 heavy (non-hydrogen) atoms. The number of phenolic OH excluding ortho intramolecular Hbond substituents is 1. The van der Waals surface area contributed by atoms with Gasteiger partial charge in [0, 0.05) is 13.7 Å². The number of aromatic hydroxyl groups is 1. The molecule has 0 bridgehead atoms. The summed E-state index contributed by atoms with van der Waals surface area (Å²) >= 11 is 0. The summed E-state index contributed by atoms with van der Waals surface area (Å²) in [5.41, 5.74) is 0.132. The first kappa shape index (κ1) is 12.8. The SMILES string of the molecule is COCCNS(=O)(=O)Nc1ccccc1O. The molecular weight excluding hydrogens is 232 g/mol. The van der Waals surface area contributed by atoms with E-state index in [4.69, 9.17) is 4.74 Å². The van der Waals surface area contributed by atoms with Crippen LogP contribution in [0.4, 0.5) is 5.69 Å². The lowest BCUT2D eigenvalue weighted by Gasteiger charge is -2.09. The maximum absolute atomic E-state index is 11.4. The van der Waals surface area contributed by atoms with Gasteiger partial charge in [-0.25, -0.2) is 0 Å². The third kappa shape index (κ3) is 4.05. The number of hydrogen-bond donors (Lipinski definition) is 3. The second kappa shape index (κ2) is 5.69. The maximum Gasteiger partial charge on any atom is 0.299 e. The van der Waals surface area contributed by atoms with Crippen LogP contribution in [0.15, 0.2) is 24.3 Å². The number of methoxy groups -OCH3 is 1. The first-order valence-corrected chi connectivity index (χ1v) is 6.08. The van der Waals surface area contributed by atoms with Gasteiger partial charge in [-0.2, -0.15) is 13.1 Å². The van der Waals surface area contributed by atoms with Crippen molar-refractivity contribution in [2.24, 2.45) is 0 Å². The minimum absolute atomic E-state index is 0.125. The Morgan fingerprint density at radius 1 is 1.38 bits per heavy atom. The number of rotatable bonds is 6. The Bertz CT molecular complexity index is 433. The van der Waals surface area contributed by atoms with E-state index in [1.807, 2.05) is 0 Å².